The van der Waals surface area contributed by atoms with Crippen LogP contribution in [0.15, 0.2) is 0 Å². The van der Waals surface area contributed by atoms with Gasteiger partial charge in [-0.3, -0.25) is 0 Å². The maximum Gasteiger partial charge on any atom is 0.0670 e. The molecule has 0 saturated carbocycles. The third-order valence-electron chi connectivity index (χ3n) is 5.35. The topological polar surface area (TPSA) is 32.3 Å². The molecule has 0 unspecified atom stereocenters. The Labute approximate surface area is 141 Å². The molecule has 0 aliphatic carbocycles. The van der Waals surface area contributed by atoms with Crippen LogP contribution in [-0.4, -0.2) is 31.9 Å². The molecule has 20 heavy (non-hydrogen) atoms. The van der Waals surface area contributed by atoms with Crippen molar-refractivity contribution in [2.45, 2.75) is 89.2 Å². The van der Waals surface area contributed by atoms with Gasteiger partial charge in [-0.05, 0) is 25.4 Å². The first-order valence-electron chi connectivity index (χ1n) is 7.73. The van der Waals surface area contributed by atoms with Crippen molar-refractivity contribution in [1.29, 1.82) is 0 Å². The predicted octanol–water partition coefficient (Wildman–Crippen LogP) is 4.00. The first-order chi connectivity index (χ1) is 8.32. The van der Waals surface area contributed by atoms with Crippen LogP contribution >= 0.6 is 27.0 Å². The van der Waals surface area contributed by atoms with E-state index >= 15 is 0 Å². The molecule has 1 saturated heterocycles. The summed E-state index contributed by atoms with van der Waals surface area (Å²) in [6.07, 6.45) is 2.24. The van der Waals surface area contributed by atoms with E-state index in [4.69, 9.17) is 0 Å². The molecule has 2 atom stereocenters. The van der Waals surface area contributed by atoms with E-state index in [0.717, 1.165) is 35.6 Å². The van der Waals surface area contributed by atoms with Crippen LogP contribution < -0.4 is 5.32 Å². The van der Waals surface area contributed by atoms with Crippen LogP contribution in [0.1, 0.15) is 54.4 Å². The van der Waals surface area contributed by atoms with Crippen molar-refractivity contribution in [3.8, 4) is 0 Å². The van der Waals surface area contributed by atoms with Gasteiger partial charge in [0, 0.05) is 6.04 Å². The molecule has 1 aliphatic rings. The standard InChI is InChI=1S/C15H33NOSi.2H2S/c1-11(2)18(12(3)4,13(5)6)10-15(17)14-8-7-9-16-14;;/h11-17H,7-10H2,1-6H3;2*1H2/t14-,15+;;/m0../s1. The molecule has 1 fully saturated rings. The van der Waals surface area contributed by atoms with Crippen LogP contribution in [0.4, 0.5) is 0 Å². The van der Waals surface area contributed by atoms with Gasteiger partial charge in [0.2, 0.25) is 0 Å². The quantitative estimate of drug-likeness (QED) is 0.717. The monoisotopic (exact) mass is 339 g/mol. The molecule has 124 valence electrons. The summed E-state index contributed by atoms with van der Waals surface area (Å²) >= 11 is 0. The number of nitrogens with one attached hydrogen (secondary N) is 1. The maximum atomic E-state index is 10.6. The molecule has 0 bridgehead atoms. The van der Waals surface area contributed by atoms with E-state index in [-0.39, 0.29) is 33.1 Å². The smallest absolute Gasteiger partial charge is 0.0670 e. The molecule has 2 N–H and O–H groups in total. The second kappa shape index (κ2) is 9.77. The lowest BCUT2D eigenvalue weighted by Crippen LogP contribution is -2.50. The fraction of sp³-hybridized carbons (Fsp3) is 1.00. The van der Waals surface area contributed by atoms with Gasteiger partial charge in [-0.25, -0.2) is 0 Å². The molecule has 0 aromatic carbocycles. The van der Waals surface area contributed by atoms with Crippen molar-refractivity contribution < 1.29 is 5.11 Å². The zero-order valence-electron chi connectivity index (χ0n) is 14.2. The average Bonchev–Trinajstić information content (AvgIpc) is 2.77. The molecular formula is C15H37NOS2Si. The Kier molecular flexibility index (Phi) is 11.3. The Morgan fingerprint density at radius 1 is 1.00 bits per heavy atom. The predicted molar refractivity (Wildman–Crippen MR) is 104 cm³/mol. The summed E-state index contributed by atoms with van der Waals surface area (Å²) < 4.78 is 0. The number of aliphatic hydroxyl groups is 1. The van der Waals surface area contributed by atoms with E-state index in [1.807, 2.05) is 0 Å². The lowest BCUT2D eigenvalue weighted by molar-refractivity contribution is 0.151. The summed E-state index contributed by atoms with van der Waals surface area (Å²) in [5.41, 5.74) is 2.23. The summed E-state index contributed by atoms with van der Waals surface area (Å²) in [4.78, 5) is 0. The van der Waals surface area contributed by atoms with Gasteiger partial charge in [-0.2, -0.15) is 27.0 Å². The fourth-order valence-electron chi connectivity index (χ4n) is 4.25. The van der Waals surface area contributed by atoms with Gasteiger partial charge in [0.1, 0.15) is 0 Å². The zero-order valence-corrected chi connectivity index (χ0v) is 17.2. The first-order valence-corrected chi connectivity index (χ1v) is 10.2. The molecular weight excluding hydrogens is 302 g/mol. The number of rotatable bonds is 6. The zero-order chi connectivity index (χ0) is 13.9. The first kappa shape index (κ1) is 23.1. The minimum Gasteiger partial charge on any atom is -0.392 e. The SMILES string of the molecule is CC(C)[Si](C[C@@H](O)[C@@H]1CCCN1)(C(C)C)C(C)C.S.S. The van der Waals surface area contributed by atoms with E-state index in [1.54, 1.807) is 0 Å². The molecule has 0 aromatic rings. The van der Waals surface area contributed by atoms with Gasteiger partial charge in [-0.1, -0.05) is 58.2 Å². The largest absolute Gasteiger partial charge is 0.392 e. The average molecular weight is 340 g/mol. The van der Waals surface area contributed by atoms with E-state index in [0.29, 0.717) is 6.04 Å². The van der Waals surface area contributed by atoms with E-state index < -0.39 is 8.07 Å². The minimum atomic E-state index is -1.45. The van der Waals surface area contributed by atoms with Crippen molar-refractivity contribution in [2.75, 3.05) is 6.54 Å². The van der Waals surface area contributed by atoms with Gasteiger partial charge in [0.15, 0.2) is 0 Å². The molecule has 0 amide bonds. The molecule has 1 aliphatic heterocycles. The van der Waals surface area contributed by atoms with Crippen LogP contribution in [0.25, 0.3) is 0 Å². The lowest BCUT2D eigenvalue weighted by Gasteiger charge is -2.45. The Bertz CT molecular complexity index is 234. The molecule has 5 heteroatoms. The van der Waals surface area contributed by atoms with Gasteiger partial charge in [0.25, 0.3) is 0 Å². The van der Waals surface area contributed by atoms with Crippen LogP contribution in [-0.2, 0) is 0 Å². The highest BCUT2D eigenvalue weighted by Crippen LogP contribution is 2.45. The second-order valence-electron chi connectivity index (χ2n) is 7.05. The lowest BCUT2D eigenvalue weighted by atomic mass is 10.1. The summed E-state index contributed by atoms with van der Waals surface area (Å²) in [5, 5.41) is 14.1. The third-order valence-corrected chi connectivity index (χ3v) is 12.9. The summed E-state index contributed by atoms with van der Waals surface area (Å²) in [5.74, 6) is 0. The highest BCUT2D eigenvalue weighted by Gasteiger charge is 2.45. The van der Waals surface area contributed by atoms with Crippen molar-refractivity contribution in [2.24, 2.45) is 0 Å². The van der Waals surface area contributed by atoms with Gasteiger partial charge in [-0.15, -0.1) is 0 Å². The van der Waals surface area contributed by atoms with Gasteiger partial charge >= 0.3 is 0 Å². The Balaban J connectivity index is 0. The van der Waals surface area contributed by atoms with E-state index in [2.05, 4.69) is 46.9 Å². The van der Waals surface area contributed by atoms with Crippen LogP contribution in [0, 0.1) is 0 Å². The second-order valence-corrected chi connectivity index (χ2v) is 13.1. The summed E-state index contributed by atoms with van der Waals surface area (Å²) in [6, 6.07) is 1.42. The molecule has 1 heterocycles. The Morgan fingerprint density at radius 2 is 1.45 bits per heavy atom. The van der Waals surface area contributed by atoms with E-state index in [1.165, 1.54) is 6.42 Å². The number of hydrogen-bond acceptors (Lipinski definition) is 2. The van der Waals surface area contributed by atoms with Crippen LogP contribution in [0.5, 0.6) is 0 Å². The van der Waals surface area contributed by atoms with Crippen molar-refractivity contribution in [3.05, 3.63) is 0 Å². The highest BCUT2D eigenvalue weighted by atomic mass is 32.1. The van der Waals surface area contributed by atoms with Crippen molar-refractivity contribution in [1.82, 2.24) is 5.32 Å². The molecule has 2 nitrogen and oxygen atoms in total. The molecule has 0 radical (unpaired) electrons. The Morgan fingerprint density at radius 3 is 1.75 bits per heavy atom. The number of aliphatic hydroxyl groups excluding tert-OH is 1. The normalized spacial score (nSPS) is 21.0. The van der Waals surface area contributed by atoms with Gasteiger partial charge in [0.05, 0.1) is 14.2 Å². The molecule has 0 aromatic heterocycles. The third kappa shape index (κ3) is 4.94. The van der Waals surface area contributed by atoms with Gasteiger partial charge < -0.3 is 10.4 Å². The highest BCUT2D eigenvalue weighted by molar-refractivity contribution is 7.59. The van der Waals surface area contributed by atoms with Crippen LogP contribution in [0.3, 0.4) is 0 Å². The molecule has 1 rings (SSSR count). The maximum absolute atomic E-state index is 10.6. The molecule has 0 spiro atoms. The van der Waals surface area contributed by atoms with Crippen molar-refractivity contribution in [3.63, 3.8) is 0 Å². The summed E-state index contributed by atoms with van der Waals surface area (Å²) in [7, 11) is -1.45. The van der Waals surface area contributed by atoms with E-state index in [9.17, 15) is 5.11 Å². The Hall–Kier alpha value is 0.837. The summed E-state index contributed by atoms with van der Waals surface area (Å²) in [6.45, 7) is 15.3. The van der Waals surface area contributed by atoms with Crippen molar-refractivity contribution >= 4 is 35.1 Å². The van der Waals surface area contributed by atoms with Crippen LogP contribution in [0.2, 0.25) is 22.7 Å². The minimum absolute atomic E-state index is 0. The number of hydrogen-bond donors (Lipinski definition) is 2. The fourth-order valence-corrected chi connectivity index (χ4v) is 10.7.